The van der Waals surface area contributed by atoms with Gasteiger partial charge < -0.3 is 15.8 Å². The van der Waals surface area contributed by atoms with E-state index >= 15 is 0 Å². The van der Waals surface area contributed by atoms with Crippen molar-refractivity contribution in [2.45, 2.75) is 38.7 Å². The molecule has 0 aliphatic rings. The Kier molecular flexibility index (Phi) is 5.40. The molecule has 114 valence electrons. The van der Waals surface area contributed by atoms with E-state index in [0.29, 0.717) is 13.1 Å². The molecule has 1 amide bonds. The summed E-state index contributed by atoms with van der Waals surface area (Å²) in [5, 5.41) is 2.77. The maximum atomic E-state index is 11.8. The zero-order chi connectivity index (χ0) is 16.1. The van der Waals surface area contributed by atoms with Gasteiger partial charge in [-0.25, -0.2) is 4.79 Å². The van der Waals surface area contributed by atoms with Gasteiger partial charge in [0, 0.05) is 24.1 Å². The predicted octanol–water partition coefficient (Wildman–Crippen LogP) is 2.41. The van der Waals surface area contributed by atoms with Crippen LogP contribution in [-0.4, -0.2) is 24.8 Å². The van der Waals surface area contributed by atoms with Gasteiger partial charge in [-0.3, -0.25) is 0 Å². The monoisotopic (exact) mass is 288 g/mol. The highest BCUT2D eigenvalue weighted by Crippen LogP contribution is 2.23. The molecule has 1 rings (SSSR count). The summed E-state index contributed by atoms with van der Waals surface area (Å²) in [6.45, 7) is 8.23. The molecule has 4 nitrogen and oxygen atoms in total. The van der Waals surface area contributed by atoms with Crippen molar-refractivity contribution in [1.29, 1.82) is 0 Å². The van der Waals surface area contributed by atoms with Crippen LogP contribution in [0.3, 0.4) is 0 Å². The number of rotatable bonds is 4. The summed E-state index contributed by atoms with van der Waals surface area (Å²) in [6.07, 6.45) is 4.98. The second kappa shape index (κ2) is 6.64. The molecule has 0 bridgehead atoms. The SMILES string of the molecule is C#Cc1cccc(C(C)(CN)CNC(=O)OC(C)(C)C)c1. The van der Waals surface area contributed by atoms with E-state index in [1.807, 2.05) is 52.0 Å². The lowest BCUT2D eigenvalue weighted by molar-refractivity contribution is 0.0516. The van der Waals surface area contributed by atoms with Gasteiger partial charge >= 0.3 is 6.09 Å². The Morgan fingerprint density at radius 1 is 1.38 bits per heavy atom. The molecule has 0 aliphatic carbocycles. The second-order valence-corrected chi connectivity index (χ2v) is 6.35. The topological polar surface area (TPSA) is 64.3 Å². The quantitative estimate of drug-likeness (QED) is 0.836. The van der Waals surface area contributed by atoms with Gasteiger partial charge in [-0.05, 0) is 38.5 Å². The Labute approximate surface area is 127 Å². The number of amides is 1. The summed E-state index contributed by atoms with van der Waals surface area (Å²) in [6, 6.07) is 7.64. The minimum Gasteiger partial charge on any atom is -0.444 e. The van der Waals surface area contributed by atoms with E-state index in [-0.39, 0.29) is 0 Å². The summed E-state index contributed by atoms with van der Waals surface area (Å²) in [5.74, 6) is 2.61. The van der Waals surface area contributed by atoms with E-state index in [1.54, 1.807) is 0 Å². The van der Waals surface area contributed by atoms with E-state index in [1.165, 1.54) is 0 Å². The summed E-state index contributed by atoms with van der Waals surface area (Å²) in [5.41, 5.74) is 6.77. The zero-order valence-electron chi connectivity index (χ0n) is 13.2. The smallest absolute Gasteiger partial charge is 0.407 e. The van der Waals surface area contributed by atoms with Gasteiger partial charge in [-0.1, -0.05) is 25.0 Å². The highest BCUT2D eigenvalue weighted by molar-refractivity contribution is 5.67. The molecule has 0 aromatic heterocycles. The minimum absolute atomic E-state index is 0.381. The Hall–Kier alpha value is -1.99. The van der Waals surface area contributed by atoms with Crippen LogP contribution in [0.2, 0.25) is 0 Å². The van der Waals surface area contributed by atoms with E-state index < -0.39 is 17.1 Å². The van der Waals surface area contributed by atoms with Gasteiger partial charge in [0.1, 0.15) is 5.60 Å². The van der Waals surface area contributed by atoms with Crippen molar-refractivity contribution in [1.82, 2.24) is 5.32 Å². The van der Waals surface area contributed by atoms with Crippen LogP contribution in [0.15, 0.2) is 24.3 Å². The van der Waals surface area contributed by atoms with Crippen molar-refractivity contribution in [2.24, 2.45) is 5.73 Å². The summed E-state index contributed by atoms with van der Waals surface area (Å²) in [4.78, 5) is 11.8. The molecule has 0 saturated carbocycles. The number of nitrogens with one attached hydrogen (secondary N) is 1. The molecular weight excluding hydrogens is 264 g/mol. The van der Waals surface area contributed by atoms with Crippen molar-refractivity contribution in [2.75, 3.05) is 13.1 Å². The number of hydrogen-bond donors (Lipinski definition) is 2. The van der Waals surface area contributed by atoms with Crippen LogP contribution in [0.5, 0.6) is 0 Å². The van der Waals surface area contributed by atoms with Gasteiger partial charge in [0.2, 0.25) is 0 Å². The lowest BCUT2D eigenvalue weighted by atomic mass is 9.82. The van der Waals surface area contributed by atoms with Crippen molar-refractivity contribution in [3.05, 3.63) is 35.4 Å². The van der Waals surface area contributed by atoms with E-state index in [4.69, 9.17) is 16.9 Å². The Morgan fingerprint density at radius 2 is 2.05 bits per heavy atom. The van der Waals surface area contributed by atoms with Crippen LogP contribution in [0.25, 0.3) is 0 Å². The molecule has 0 fully saturated rings. The lowest BCUT2D eigenvalue weighted by Crippen LogP contribution is -2.45. The van der Waals surface area contributed by atoms with Crippen LogP contribution in [0.4, 0.5) is 4.79 Å². The first-order valence-electron chi connectivity index (χ1n) is 6.94. The van der Waals surface area contributed by atoms with Gasteiger partial charge in [0.05, 0.1) is 0 Å². The molecular formula is C17H24N2O2. The molecule has 1 unspecified atom stereocenters. The van der Waals surface area contributed by atoms with Crippen molar-refractivity contribution in [3.63, 3.8) is 0 Å². The van der Waals surface area contributed by atoms with Gasteiger partial charge in [0.25, 0.3) is 0 Å². The maximum absolute atomic E-state index is 11.8. The van der Waals surface area contributed by atoms with Crippen molar-refractivity contribution < 1.29 is 9.53 Å². The Bertz CT molecular complexity index is 540. The third kappa shape index (κ3) is 5.13. The number of ether oxygens (including phenoxy) is 1. The highest BCUT2D eigenvalue weighted by atomic mass is 16.6. The number of alkyl carbamates (subject to hydrolysis) is 1. The fourth-order valence-corrected chi connectivity index (χ4v) is 1.86. The molecule has 0 saturated heterocycles. The molecule has 21 heavy (non-hydrogen) atoms. The van der Waals surface area contributed by atoms with Gasteiger partial charge in [0.15, 0.2) is 0 Å². The number of carbonyl (C=O) groups is 1. The molecule has 0 radical (unpaired) electrons. The van der Waals surface area contributed by atoms with E-state index in [0.717, 1.165) is 11.1 Å². The number of benzene rings is 1. The first-order chi connectivity index (χ1) is 9.70. The minimum atomic E-state index is -0.521. The molecule has 4 heteroatoms. The zero-order valence-corrected chi connectivity index (χ0v) is 13.2. The molecule has 1 aromatic rings. The third-order valence-electron chi connectivity index (χ3n) is 3.20. The normalized spacial score (nSPS) is 13.9. The summed E-state index contributed by atoms with van der Waals surface area (Å²) < 4.78 is 5.24. The van der Waals surface area contributed by atoms with E-state index in [2.05, 4.69) is 11.2 Å². The molecule has 0 heterocycles. The van der Waals surface area contributed by atoms with Gasteiger partial charge in [-0.15, -0.1) is 6.42 Å². The average Bonchev–Trinajstić information content (AvgIpc) is 2.43. The number of hydrogen-bond acceptors (Lipinski definition) is 3. The van der Waals surface area contributed by atoms with Crippen LogP contribution < -0.4 is 11.1 Å². The molecule has 1 atom stereocenters. The summed E-state index contributed by atoms with van der Waals surface area (Å²) in [7, 11) is 0. The van der Waals surface area contributed by atoms with Crippen molar-refractivity contribution in [3.8, 4) is 12.3 Å². The second-order valence-electron chi connectivity index (χ2n) is 6.35. The van der Waals surface area contributed by atoms with Crippen LogP contribution >= 0.6 is 0 Å². The fourth-order valence-electron chi connectivity index (χ4n) is 1.86. The standard InChI is InChI=1S/C17H24N2O2/c1-6-13-8-7-9-14(10-13)17(5,11-18)12-19-15(20)21-16(2,3)4/h1,7-10H,11-12,18H2,2-5H3,(H,19,20). The lowest BCUT2D eigenvalue weighted by Gasteiger charge is -2.30. The van der Waals surface area contributed by atoms with Crippen LogP contribution in [-0.2, 0) is 10.2 Å². The van der Waals surface area contributed by atoms with Crippen LogP contribution in [0, 0.1) is 12.3 Å². The number of terminal acetylenes is 1. The van der Waals surface area contributed by atoms with Crippen LogP contribution in [0.1, 0.15) is 38.8 Å². The molecule has 1 aromatic carbocycles. The number of carbonyl (C=O) groups excluding carboxylic acids is 1. The largest absolute Gasteiger partial charge is 0.444 e. The first-order valence-corrected chi connectivity index (χ1v) is 6.94. The highest BCUT2D eigenvalue weighted by Gasteiger charge is 2.27. The van der Waals surface area contributed by atoms with Crippen molar-refractivity contribution >= 4 is 6.09 Å². The fraction of sp³-hybridized carbons (Fsp3) is 0.471. The molecule has 3 N–H and O–H groups in total. The molecule has 0 aliphatic heterocycles. The third-order valence-corrected chi connectivity index (χ3v) is 3.20. The summed E-state index contributed by atoms with van der Waals surface area (Å²) >= 11 is 0. The Morgan fingerprint density at radius 3 is 2.57 bits per heavy atom. The Balaban J connectivity index is 2.81. The predicted molar refractivity (Wildman–Crippen MR) is 85.0 cm³/mol. The van der Waals surface area contributed by atoms with E-state index in [9.17, 15) is 4.79 Å². The number of nitrogens with two attached hydrogens (primary N) is 1. The first kappa shape index (κ1) is 17.1. The molecule has 0 spiro atoms. The maximum Gasteiger partial charge on any atom is 0.407 e. The average molecular weight is 288 g/mol. The van der Waals surface area contributed by atoms with Gasteiger partial charge in [-0.2, -0.15) is 0 Å².